The summed E-state index contributed by atoms with van der Waals surface area (Å²) in [6, 6.07) is 4.47. The number of hydrogen-bond donors (Lipinski definition) is 2. The van der Waals surface area contributed by atoms with Gasteiger partial charge in [0.1, 0.15) is 12.1 Å². The number of carbonyl (C=O) groups excluding carboxylic acids is 6. The number of benzene rings is 1. The summed E-state index contributed by atoms with van der Waals surface area (Å²) in [5, 5.41) is 5.93. The molecule has 60 heavy (non-hydrogen) atoms. The van der Waals surface area contributed by atoms with Crippen LogP contribution in [0.15, 0.2) is 36.9 Å². The maximum Gasteiger partial charge on any atom is 0.410 e. The lowest BCUT2D eigenvalue weighted by Gasteiger charge is -2.43. The number of carbonyl (C=O) groups is 6. The summed E-state index contributed by atoms with van der Waals surface area (Å²) in [4.78, 5) is 86.9. The molecule has 0 aromatic heterocycles. The van der Waals surface area contributed by atoms with Crippen LogP contribution in [-0.4, -0.2) is 115 Å². The van der Waals surface area contributed by atoms with E-state index in [2.05, 4.69) is 17.2 Å². The molecule has 3 fully saturated rings. The largest absolute Gasteiger partial charge is 0.444 e. The summed E-state index contributed by atoms with van der Waals surface area (Å²) < 4.78 is 31.9. The first-order chi connectivity index (χ1) is 28.2. The van der Waals surface area contributed by atoms with Crippen molar-refractivity contribution in [2.75, 3.05) is 32.9 Å². The van der Waals surface area contributed by atoms with Crippen molar-refractivity contribution in [3.8, 4) is 0 Å². The zero-order valence-corrected chi connectivity index (χ0v) is 37.3. The first-order valence-corrected chi connectivity index (χ1v) is 23.6. The average Bonchev–Trinajstić information content (AvgIpc) is 3.92. The number of fused-ring (bicyclic) bond motifs is 1. The van der Waals surface area contributed by atoms with Gasteiger partial charge in [-0.25, -0.2) is 22.3 Å². The molecule has 332 valence electrons. The smallest absolute Gasteiger partial charge is 0.410 e. The van der Waals surface area contributed by atoms with Gasteiger partial charge in [0.2, 0.25) is 21.7 Å². The Kier molecular flexibility index (Phi) is 15.4. The van der Waals surface area contributed by atoms with Crippen LogP contribution < -0.4 is 10.6 Å². The van der Waals surface area contributed by atoms with Crippen LogP contribution in [0.3, 0.4) is 0 Å². The number of urea groups is 1. The molecule has 15 heteroatoms. The highest BCUT2D eigenvalue weighted by molar-refractivity contribution is 7.88. The zero-order valence-electron chi connectivity index (χ0n) is 36.5. The van der Waals surface area contributed by atoms with Gasteiger partial charge in [0.25, 0.3) is 0 Å². The highest BCUT2D eigenvalue weighted by Gasteiger charge is 2.50. The summed E-state index contributed by atoms with van der Waals surface area (Å²) in [6.07, 6.45) is 8.23. The van der Waals surface area contributed by atoms with Crippen LogP contribution >= 0.6 is 0 Å². The minimum absolute atomic E-state index is 0.000815. The van der Waals surface area contributed by atoms with Crippen LogP contribution in [0.2, 0.25) is 0 Å². The van der Waals surface area contributed by atoms with Crippen molar-refractivity contribution in [2.45, 2.75) is 142 Å². The number of amides is 4. The monoisotopic (exact) mass is 853 g/mol. The molecule has 2 aliphatic heterocycles. The second-order valence-corrected chi connectivity index (χ2v) is 21.2. The number of ketones is 3. The van der Waals surface area contributed by atoms with E-state index in [0.29, 0.717) is 45.2 Å². The molecule has 0 radical (unpaired) electrons. The maximum absolute atomic E-state index is 15.2. The molecule has 2 N–H and O–H groups in total. The van der Waals surface area contributed by atoms with Gasteiger partial charge in [-0.3, -0.25) is 19.2 Å². The van der Waals surface area contributed by atoms with Crippen LogP contribution in [0, 0.1) is 22.7 Å². The second-order valence-electron chi connectivity index (χ2n) is 19.1. The molecule has 4 amide bonds. The number of hydrogen-bond acceptors (Lipinski definition) is 9. The molecule has 0 bridgehead atoms. The van der Waals surface area contributed by atoms with E-state index < -0.39 is 86.4 Å². The first-order valence-electron chi connectivity index (χ1n) is 21.7. The third kappa shape index (κ3) is 12.3. The number of nitrogens with zero attached hydrogens (tertiary/aromatic N) is 3. The van der Waals surface area contributed by atoms with Gasteiger partial charge in [-0.15, -0.1) is 6.58 Å². The predicted molar refractivity (Wildman–Crippen MR) is 228 cm³/mol. The van der Waals surface area contributed by atoms with E-state index in [1.165, 1.54) is 16.3 Å². The topological polar surface area (TPSA) is 180 Å². The standard InChI is InChI=1S/C45H67N5O9S/c1-8-9-17-36(51)39(53)33(24-30-18-19-30)25-37(52)35-26-34(59-43(56)49-23-20-31-15-11-12-16-32(31)27-49)28-50(35)41(54)40(45(5)21-13-10-14-22-45)47-42(55)46-38(44(2,3)4)29-48(6)60(7,57)58/h8,11-12,15-16,30,33-35,38,40H,1,9-10,13-14,17-29H2,2-7H3,(H2,46,47,55)/t33?,34-,35+,38-,40-/m1/s1. The number of Topliss-reactive ketones (excluding diaryl/α,β-unsaturated/α-hetero) is 3. The minimum atomic E-state index is -3.56. The maximum atomic E-state index is 15.2. The molecule has 1 aromatic carbocycles. The van der Waals surface area contributed by atoms with Crippen molar-refractivity contribution >= 4 is 45.4 Å². The highest BCUT2D eigenvalue weighted by atomic mass is 32.2. The molecular formula is C45H67N5O9S. The van der Waals surface area contributed by atoms with Crippen molar-refractivity contribution in [2.24, 2.45) is 22.7 Å². The molecule has 5 rings (SSSR count). The van der Waals surface area contributed by atoms with Gasteiger partial charge < -0.3 is 25.2 Å². The normalized spacial score (nSPS) is 21.9. The van der Waals surface area contributed by atoms with Gasteiger partial charge in [-0.05, 0) is 60.0 Å². The third-order valence-corrected chi connectivity index (χ3v) is 14.4. The first kappa shape index (κ1) is 46.9. The number of nitrogens with one attached hydrogen (secondary N) is 2. The van der Waals surface area contributed by atoms with Crippen molar-refractivity contribution in [3.05, 3.63) is 48.0 Å². The summed E-state index contributed by atoms with van der Waals surface area (Å²) >= 11 is 0. The Balaban J connectivity index is 1.42. The Morgan fingerprint density at radius 3 is 2.32 bits per heavy atom. The van der Waals surface area contributed by atoms with Gasteiger partial charge in [0.15, 0.2) is 11.6 Å². The van der Waals surface area contributed by atoms with E-state index in [-0.39, 0.29) is 38.3 Å². The van der Waals surface area contributed by atoms with Crippen LogP contribution in [0.25, 0.3) is 0 Å². The van der Waals surface area contributed by atoms with Crippen molar-refractivity contribution < 1.29 is 41.9 Å². The van der Waals surface area contributed by atoms with E-state index in [1.54, 1.807) is 11.0 Å². The van der Waals surface area contributed by atoms with E-state index in [4.69, 9.17) is 4.74 Å². The van der Waals surface area contributed by atoms with Crippen LogP contribution in [0.4, 0.5) is 9.59 Å². The lowest BCUT2D eigenvalue weighted by molar-refractivity contribution is -0.144. The fraction of sp³-hybridized carbons (Fsp3) is 0.689. The van der Waals surface area contributed by atoms with Crippen molar-refractivity contribution in [1.29, 1.82) is 0 Å². The summed E-state index contributed by atoms with van der Waals surface area (Å²) in [6.45, 7) is 12.0. The lowest BCUT2D eigenvalue weighted by Crippen LogP contribution is -2.62. The summed E-state index contributed by atoms with van der Waals surface area (Å²) in [5.74, 6) is -2.59. The fourth-order valence-electron chi connectivity index (χ4n) is 8.91. The van der Waals surface area contributed by atoms with Gasteiger partial charge in [0, 0.05) is 57.9 Å². The number of likely N-dealkylation sites (N-methyl/N-ethyl adjacent to an activating group) is 1. The minimum Gasteiger partial charge on any atom is -0.444 e. The van der Waals surface area contributed by atoms with E-state index in [1.807, 2.05) is 52.0 Å². The predicted octanol–water partition coefficient (Wildman–Crippen LogP) is 5.58. The fourth-order valence-corrected chi connectivity index (χ4v) is 9.33. The number of likely N-dealkylation sites (tertiary alicyclic amines) is 1. The quantitative estimate of drug-likeness (QED) is 0.141. The van der Waals surface area contributed by atoms with Crippen LogP contribution in [-0.2, 0) is 46.9 Å². The summed E-state index contributed by atoms with van der Waals surface area (Å²) in [7, 11) is -2.11. The van der Waals surface area contributed by atoms with E-state index in [0.717, 1.165) is 49.5 Å². The Morgan fingerprint density at radius 2 is 1.70 bits per heavy atom. The van der Waals surface area contributed by atoms with Crippen molar-refractivity contribution in [1.82, 2.24) is 24.7 Å². The lowest BCUT2D eigenvalue weighted by atomic mass is 9.70. The number of rotatable bonds is 18. The Morgan fingerprint density at radius 1 is 1.03 bits per heavy atom. The molecular weight excluding hydrogens is 787 g/mol. The Hall–Kier alpha value is -4.11. The molecule has 2 aliphatic carbocycles. The SMILES string of the molecule is C=CCCC(=O)C(=O)C(CC(=O)[C@@H]1C[C@@H](OC(=O)N2CCc3ccccc3C2)CN1C(=O)[C@@H](NC(=O)N[C@H](CN(C)S(C)(=O)=O)C(C)(C)C)C1(C)CCCCC1)CC1CC1. The number of allylic oxidation sites excluding steroid dienone is 1. The van der Waals surface area contributed by atoms with Gasteiger partial charge >= 0.3 is 12.1 Å². The van der Waals surface area contributed by atoms with Crippen LogP contribution in [0.1, 0.15) is 116 Å². The van der Waals surface area contributed by atoms with Crippen LogP contribution in [0.5, 0.6) is 0 Å². The number of sulfonamides is 1. The van der Waals surface area contributed by atoms with E-state index in [9.17, 15) is 32.4 Å². The molecule has 1 aromatic rings. The molecule has 0 spiro atoms. The van der Waals surface area contributed by atoms with Gasteiger partial charge in [0.05, 0.1) is 18.8 Å². The molecule has 14 nitrogen and oxygen atoms in total. The third-order valence-electron chi connectivity index (χ3n) is 13.1. The summed E-state index contributed by atoms with van der Waals surface area (Å²) in [5.41, 5.74) is 0.930. The molecule has 5 atom stereocenters. The molecule has 1 unspecified atom stereocenters. The van der Waals surface area contributed by atoms with E-state index >= 15 is 4.79 Å². The average molecular weight is 854 g/mol. The molecule has 2 heterocycles. The Bertz CT molecular complexity index is 1880. The highest BCUT2D eigenvalue weighted by Crippen LogP contribution is 2.41. The van der Waals surface area contributed by atoms with Crippen molar-refractivity contribution in [3.63, 3.8) is 0 Å². The second kappa shape index (κ2) is 19.7. The Labute approximate surface area is 356 Å². The molecule has 2 saturated carbocycles. The van der Waals surface area contributed by atoms with Gasteiger partial charge in [-0.1, -0.05) is 90.1 Å². The molecule has 4 aliphatic rings. The molecule has 1 saturated heterocycles. The zero-order chi connectivity index (χ0) is 44.0. The number of ether oxygens (including phenoxy) is 1. The van der Waals surface area contributed by atoms with Gasteiger partial charge in [-0.2, -0.15) is 0 Å².